The second kappa shape index (κ2) is 9.23. The zero-order valence-electron chi connectivity index (χ0n) is 15.2. The third kappa shape index (κ3) is 5.10. The molecular formula is C20H22N4O2S. The van der Waals surface area contributed by atoms with E-state index in [0.29, 0.717) is 16.6 Å². The average Bonchev–Trinajstić information content (AvgIpc) is 3.17. The SMILES string of the molecule is CCCCCCc1ccc(C(=O)NNC(=O)c2ccc3nsnc3c2)cc1. The van der Waals surface area contributed by atoms with Gasteiger partial charge in [0.1, 0.15) is 11.0 Å². The van der Waals surface area contributed by atoms with Crippen molar-refractivity contribution < 1.29 is 9.59 Å². The molecule has 1 aromatic heterocycles. The molecule has 6 nitrogen and oxygen atoms in total. The molecule has 1 heterocycles. The van der Waals surface area contributed by atoms with Gasteiger partial charge in [-0.1, -0.05) is 38.3 Å². The van der Waals surface area contributed by atoms with Crippen LogP contribution in [0.4, 0.5) is 0 Å². The maximum Gasteiger partial charge on any atom is 0.269 e. The van der Waals surface area contributed by atoms with Crippen molar-refractivity contribution in [2.75, 3.05) is 0 Å². The van der Waals surface area contributed by atoms with Crippen molar-refractivity contribution in [1.29, 1.82) is 0 Å². The first-order chi connectivity index (χ1) is 13.2. The van der Waals surface area contributed by atoms with Crippen LogP contribution < -0.4 is 10.9 Å². The van der Waals surface area contributed by atoms with E-state index >= 15 is 0 Å². The van der Waals surface area contributed by atoms with Crippen LogP contribution >= 0.6 is 11.7 Å². The van der Waals surface area contributed by atoms with Crippen LogP contribution in [0.1, 0.15) is 58.9 Å². The highest BCUT2D eigenvalue weighted by Gasteiger charge is 2.11. The van der Waals surface area contributed by atoms with Crippen molar-refractivity contribution in [2.24, 2.45) is 0 Å². The van der Waals surface area contributed by atoms with Crippen molar-refractivity contribution >= 4 is 34.6 Å². The molecule has 0 aliphatic heterocycles. The minimum absolute atomic E-state index is 0.350. The van der Waals surface area contributed by atoms with Gasteiger partial charge in [-0.2, -0.15) is 8.75 Å². The molecule has 0 spiro atoms. The molecule has 3 rings (SSSR count). The van der Waals surface area contributed by atoms with E-state index in [1.54, 1.807) is 30.3 Å². The molecule has 3 aromatic rings. The molecule has 0 saturated heterocycles. The van der Waals surface area contributed by atoms with Gasteiger partial charge >= 0.3 is 0 Å². The van der Waals surface area contributed by atoms with Gasteiger partial charge in [0.2, 0.25) is 0 Å². The summed E-state index contributed by atoms with van der Waals surface area (Å²) < 4.78 is 8.20. The second-order valence-corrected chi connectivity index (χ2v) is 6.91. The Kier molecular flexibility index (Phi) is 6.49. The highest BCUT2D eigenvalue weighted by atomic mass is 32.1. The van der Waals surface area contributed by atoms with Crippen LogP contribution in [0.2, 0.25) is 0 Å². The quantitative estimate of drug-likeness (QED) is 0.480. The number of hydrogen-bond donors (Lipinski definition) is 2. The standard InChI is InChI=1S/C20H22N4O2S/c1-2-3-4-5-6-14-7-9-15(10-8-14)19(25)21-22-20(26)16-11-12-17-18(13-16)24-27-23-17/h7-13H,2-6H2,1H3,(H,21,25)(H,22,26). The van der Waals surface area contributed by atoms with E-state index in [9.17, 15) is 9.59 Å². The normalized spacial score (nSPS) is 10.7. The fourth-order valence-electron chi connectivity index (χ4n) is 2.76. The number of benzene rings is 2. The summed E-state index contributed by atoms with van der Waals surface area (Å²) in [4.78, 5) is 24.4. The van der Waals surface area contributed by atoms with Gasteiger partial charge < -0.3 is 0 Å². The Labute approximate surface area is 162 Å². The van der Waals surface area contributed by atoms with E-state index in [1.165, 1.54) is 24.8 Å². The Morgan fingerprint density at radius 2 is 1.52 bits per heavy atom. The Bertz CT molecular complexity index is 921. The summed E-state index contributed by atoms with van der Waals surface area (Å²) in [5.41, 5.74) is 8.43. The zero-order valence-corrected chi connectivity index (χ0v) is 16.0. The lowest BCUT2D eigenvalue weighted by Crippen LogP contribution is -2.41. The summed E-state index contributed by atoms with van der Waals surface area (Å²) in [5.74, 6) is -0.747. The molecule has 0 aliphatic rings. The fraction of sp³-hybridized carbons (Fsp3) is 0.300. The molecule has 7 heteroatoms. The minimum atomic E-state index is -0.397. The van der Waals surface area contributed by atoms with E-state index in [1.807, 2.05) is 12.1 Å². The van der Waals surface area contributed by atoms with Crippen molar-refractivity contribution in [3.8, 4) is 0 Å². The molecule has 2 N–H and O–H groups in total. The van der Waals surface area contributed by atoms with Crippen LogP contribution in [0.15, 0.2) is 42.5 Å². The van der Waals surface area contributed by atoms with E-state index in [4.69, 9.17) is 0 Å². The summed E-state index contributed by atoms with van der Waals surface area (Å²) in [7, 11) is 0. The number of carbonyl (C=O) groups is 2. The largest absolute Gasteiger partial charge is 0.269 e. The minimum Gasteiger partial charge on any atom is -0.267 e. The first kappa shape index (κ1) is 19.0. The van der Waals surface area contributed by atoms with Gasteiger partial charge in [0.05, 0.1) is 11.7 Å². The lowest BCUT2D eigenvalue weighted by molar-refractivity contribution is 0.0847. The number of nitrogens with one attached hydrogen (secondary N) is 2. The third-order valence-corrected chi connectivity index (χ3v) is 4.90. The Balaban J connectivity index is 1.51. The van der Waals surface area contributed by atoms with Crippen molar-refractivity contribution in [2.45, 2.75) is 39.0 Å². The van der Waals surface area contributed by atoms with E-state index < -0.39 is 5.91 Å². The summed E-state index contributed by atoms with van der Waals surface area (Å²) in [6.45, 7) is 2.20. The smallest absolute Gasteiger partial charge is 0.267 e. The van der Waals surface area contributed by atoms with Crippen molar-refractivity contribution in [3.63, 3.8) is 0 Å². The lowest BCUT2D eigenvalue weighted by Gasteiger charge is -2.08. The number of rotatable bonds is 7. The summed E-state index contributed by atoms with van der Waals surface area (Å²) in [6, 6.07) is 12.5. The third-order valence-electron chi connectivity index (χ3n) is 4.34. The first-order valence-corrected chi connectivity index (χ1v) is 9.82. The molecule has 0 bridgehead atoms. The average molecular weight is 382 g/mol. The molecule has 27 heavy (non-hydrogen) atoms. The number of fused-ring (bicyclic) bond motifs is 1. The fourth-order valence-corrected chi connectivity index (χ4v) is 3.28. The second-order valence-electron chi connectivity index (χ2n) is 6.38. The topological polar surface area (TPSA) is 84.0 Å². The van der Waals surface area contributed by atoms with Gasteiger partial charge in [-0.3, -0.25) is 20.4 Å². The van der Waals surface area contributed by atoms with E-state index in [2.05, 4.69) is 26.5 Å². The number of aromatic nitrogens is 2. The van der Waals surface area contributed by atoms with Crippen LogP contribution in [0.25, 0.3) is 11.0 Å². The van der Waals surface area contributed by atoms with Crippen LogP contribution in [0.3, 0.4) is 0 Å². The van der Waals surface area contributed by atoms with Crippen LogP contribution in [0.5, 0.6) is 0 Å². The zero-order chi connectivity index (χ0) is 19.1. The first-order valence-electron chi connectivity index (χ1n) is 9.09. The molecule has 0 fully saturated rings. The van der Waals surface area contributed by atoms with Gasteiger partial charge in [-0.05, 0) is 48.7 Å². The molecule has 0 saturated carbocycles. The molecule has 0 atom stereocenters. The summed E-state index contributed by atoms with van der Waals surface area (Å²) in [6.07, 6.45) is 5.89. The lowest BCUT2D eigenvalue weighted by atomic mass is 10.0. The predicted molar refractivity (Wildman–Crippen MR) is 107 cm³/mol. The van der Waals surface area contributed by atoms with E-state index in [-0.39, 0.29) is 5.91 Å². The number of nitrogens with zero attached hydrogens (tertiary/aromatic N) is 2. The van der Waals surface area contributed by atoms with Crippen molar-refractivity contribution in [3.05, 3.63) is 59.2 Å². The Morgan fingerprint density at radius 3 is 2.26 bits per heavy atom. The number of hydrogen-bond acceptors (Lipinski definition) is 5. The molecular weight excluding hydrogens is 360 g/mol. The van der Waals surface area contributed by atoms with Gasteiger partial charge in [0, 0.05) is 11.1 Å². The van der Waals surface area contributed by atoms with Gasteiger partial charge in [-0.25, -0.2) is 0 Å². The van der Waals surface area contributed by atoms with Crippen LogP contribution in [-0.2, 0) is 6.42 Å². The van der Waals surface area contributed by atoms with Gasteiger partial charge in [0.25, 0.3) is 11.8 Å². The molecule has 0 radical (unpaired) electrons. The highest BCUT2D eigenvalue weighted by molar-refractivity contribution is 7.00. The van der Waals surface area contributed by atoms with Crippen LogP contribution in [0, 0.1) is 0 Å². The Hall–Kier alpha value is -2.80. The van der Waals surface area contributed by atoms with Gasteiger partial charge in [-0.15, -0.1) is 0 Å². The van der Waals surface area contributed by atoms with Crippen molar-refractivity contribution in [1.82, 2.24) is 19.6 Å². The summed E-state index contributed by atoms with van der Waals surface area (Å²) >= 11 is 1.10. The molecule has 2 aromatic carbocycles. The van der Waals surface area contributed by atoms with E-state index in [0.717, 1.165) is 30.1 Å². The molecule has 0 aliphatic carbocycles. The van der Waals surface area contributed by atoms with Crippen LogP contribution in [-0.4, -0.2) is 20.6 Å². The maximum absolute atomic E-state index is 12.2. The van der Waals surface area contributed by atoms with Gasteiger partial charge in [0.15, 0.2) is 0 Å². The number of carbonyl (C=O) groups excluding carboxylic acids is 2. The molecule has 2 amide bonds. The predicted octanol–water partition coefficient (Wildman–Crippen LogP) is 3.89. The highest BCUT2D eigenvalue weighted by Crippen LogP contribution is 2.13. The number of unbranched alkanes of at least 4 members (excludes halogenated alkanes) is 3. The number of hydrazine groups is 1. The Morgan fingerprint density at radius 1 is 0.852 bits per heavy atom. The monoisotopic (exact) mass is 382 g/mol. The maximum atomic E-state index is 12.2. The number of amides is 2. The summed E-state index contributed by atoms with van der Waals surface area (Å²) in [5, 5.41) is 0. The molecule has 140 valence electrons. The number of aryl methyl sites for hydroxylation is 1. The molecule has 0 unspecified atom stereocenters.